The summed E-state index contributed by atoms with van der Waals surface area (Å²) in [6.07, 6.45) is 0.0406. The highest BCUT2D eigenvalue weighted by atomic mass is 35.5. The van der Waals surface area contributed by atoms with Gasteiger partial charge in [-0.05, 0) is 24.3 Å². The number of hydrogen-bond donors (Lipinski definition) is 1. The lowest BCUT2D eigenvalue weighted by Crippen LogP contribution is -2.35. The maximum Gasteiger partial charge on any atom is 0.256 e. The number of carbonyl (C=O) groups is 2. The van der Waals surface area contributed by atoms with Gasteiger partial charge < -0.3 is 10.1 Å². The molecule has 1 saturated heterocycles. The molecular weight excluding hydrogens is 351 g/mol. The van der Waals surface area contributed by atoms with Gasteiger partial charge in [0.1, 0.15) is 11.8 Å². The molecule has 124 valence electrons. The van der Waals surface area contributed by atoms with Crippen LogP contribution in [-0.2, 0) is 9.59 Å². The Morgan fingerprint density at radius 1 is 1.17 bits per heavy atom. The van der Waals surface area contributed by atoms with E-state index in [9.17, 15) is 9.59 Å². The molecule has 1 aliphatic heterocycles. The molecule has 3 rings (SSSR count). The van der Waals surface area contributed by atoms with Gasteiger partial charge in [-0.25, -0.2) is 4.90 Å². The second kappa shape index (κ2) is 6.71. The third-order valence-electron chi connectivity index (χ3n) is 3.73. The number of benzene rings is 2. The number of carbonyl (C=O) groups excluding carboxylic acids is 2. The van der Waals surface area contributed by atoms with Crippen LogP contribution >= 0.6 is 23.2 Å². The molecular formula is C17H14Cl2N2O3. The third-order valence-corrected chi connectivity index (χ3v) is 4.54. The molecule has 0 radical (unpaired) electrons. The molecule has 0 aliphatic carbocycles. The summed E-state index contributed by atoms with van der Waals surface area (Å²) in [6, 6.07) is 11.3. The second-order valence-corrected chi connectivity index (χ2v) is 6.06. The van der Waals surface area contributed by atoms with Crippen LogP contribution in [0.25, 0.3) is 0 Å². The fraction of sp³-hybridized carbons (Fsp3) is 0.176. The Bertz CT molecular complexity index is 810. The summed E-state index contributed by atoms with van der Waals surface area (Å²) in [4.78, 5) is 26.0. The average Bonchev–Trinajstić information content (AvgIpc) is 2.84. The number of nitrogens with one attached hydrogen (secondary N) is 1. The van der Waals surface area contributed by atoms with Crippen LogP contribution in [0.15, 0.2) is 42.5 Å². The minimum absolute atomic E-state index is 0.0406. The molecule has 7 heteroatoms. The standard InChI is InChI=1S/C17H14Cl2N2O3/c1-24-11-5-2-4-10(8-11)20-13-9-15(22)21(17(13)23)14-7-3-6-12(18)16(14)19/h2-8,13,20H,9H2,1H3. The number of imide groups is 1. The molecule has 0 saturated carbocycles. The van der Waals surface area contributed by atoms with Gasteiger partial charge in [0.25, 0.3) is 5.91 Å². The van der Waals surface area contributed by atoms with E-state index in [2.05, 4.69) is 5.32 Å². The number of amides is 2. The molecule has 5 nitrogen and oxygen atoms in total. The Labute approximate surface area is 149 Å². The van der Waals surface area contributed by atoms with Crippen LogP contribution in [0, 0.1) is 0 Å². The second-order valence-electron chi connectivity index (χ2n) is 5.27. The average molecular weight is 365 g/mol. The zero-order chi connectivity index (χ0) is 17.3. The first kappa shape index (κ1) is 16.6. The van der Waals surface area contributed by atoms with Crippen LogP contribution in [0.4, 0.5) is 11.4 Å². The maximum atomic E-state index is 12.6. The van der Waals surface area contributed by atoms with Crippen LogP contribution in [0.3, 0.4) is 0 Å². The lowest BCUT2D eigenvalue weighted by atomic mass is 10.2. The van der Waals surface area contributed by atoms with Crippen LogP contribution < -0.4 is 15.0 Å². The number of nitrogens with zero attached hydrogens (tertiary/aromatic N) is 1. The number of rotatable bonds is 4. The van der Waals surface area contributed by atoms with Crippen molar-refractivity contribution in [3.63, 3.8) is 0 Å². The highest BCUT2D eigenvalue weighted by Crippen LogP contribution is 2.35. The van der Waals surface area contributed by atoms with E-state index in [1.54, 1.807) is 49.6 Å². The van der Waals surface area contributed by atoms with Crippen molar-refractivity contribution in [1.29, 1.82) is 0 Å². The normalized spacial score (nSPS) is 17.3. The van der Waals surface area contributed by atoms with Crippen LogP contribution in [0.5, 0.6) is 5.75 Å². The molecule has 2 amide bonds. The van der Waals surface area contributed by atoms with Crippen molar-refractivity contribution in [3.8, 4) is 5.75 Å². The van der Waals surface area contributed by atoms with E-state index in [0.717, 1.165) is 4.90 Å². The topological polar surface area (TPSA) is 58.6 Å². The lowest BCUT2D eigenvalue weighted by Gasteiger charge is -2.18. The molecule has 1 unspecified atom stereocenters. The van der Waals surface area contributed by atoms with Crippen molar-refractivity contribution in [2.24, 2.45) is 0 Å². The largest absolute Gasteiger partial charge is 0.497 e. The lowest BCUT2D eigenvalue weighted by molar-refractivity contribution is -0.121. The monoisotopic (exact) mass is 364 g/mol. The van der Waals surface area contributed by atoms with E-state index in [1.807, 2.05) is 0 Å². The number of halogens is 2. The summed E-state index contributed by atoms with van der Waals surface area (Å²) >= 11 is 12.1. The Morgan fingerprint density at radius 2 is 1.92 bits per heavy atom. The van der Waals surface area contributed by atoms with Crippen LogP contribution in [0.1, 0.15) is 6.42 Å². The minimum atomic E-state index is -0.667. The van der Waals surface area contributed by atoms with E-state index in [4.69, 9.17) is 27.9 Å². The zero-order valence-electron chi connectivity index (χ0n) is 12.8. The summed E-state index contributed by atoms with van der Waals surface area (Å²) in [5.74, 6) is -0.0388. The van der Waals surface area contributed by atoms with Gasteiger partial charge in [0.15, 0.2) is 0 Å². The molecule has 2 aromatic carbocycles. The predicted molar refractivity (Wildman–Crippen MR) is 94.0 cm³/mol. The summed E-state index contributed by atoms with van der Waals surface area (Å²) in [5, 5.41) is 3.54. The van der Waals surface area contributed by atoms with Gasteiger partial charge in [-0.15, -0.1) is 0 Å². The molecule has 1 heterocycles. The Hall–Kier alpha value is -2.24. The molecule has 1 aliphatic rings. The van der Waals surface area contributed by atoms with E-state index in [-0.39, 0.29) is 23.3 Å². The number of anilines is 2. The van der Waals surface area contributed by atoms with Gasteiger partial charge in [-0.3, -0.25) is 9.59 Å². The Kier molecular flexibility index (Phi) is 4.64. The fourth-order valence-electron chi connectivity index (χ4n) is 2.58. The predicted octanol–water partition coefficient (Wildman–Crippen LogP) is 3.75. The van der Waals surface area contributed by atoms with Crippen LogP contribution in [-0.4, -0.2) is 25.0 Å². The van der Waals surface area contributed by atoms with E-state index < -0.39 is 6.04 Å². The van der Waals surface area contributed by atoms with Crippen molar-refractivity contribution in [3.05, 3.63) is 52.5 Å². The van der Waals surface area contributed by atoms with Crippen molar-refractivity contribution < 1.29 is 14.3 Å². The summed E-state index contributed by atoms with van der Waals surface area (Å²) in [7, 11) is 1.56. The highest BCUT2D eigenvalue weighted by Gasteiger charge is 2.40. The SMILES string of the molecule is COc1cccc(NC2CC(=O)N(c3cccc(Cl)c3Cl)C2=O)c1. The van der Waals surface area contributed by atoms with Gasteiger partial charge in [0, 0.05) is 11.8 Å². The molecule has 0 spiro atoms. The first-order valence-electron chi connectivity index (χ1n) is 7.22. The molecule has 0 bridgehead atoms. The van der Waals surface area contributed by atoms with E-state index in [1.165, 1.54) is 0 Å². The van der Waals surface area contributed by atoms with Gasteiger partial charge in [-0.2, -0.15) is 0 Å². The van der Waals surface area contributed by atoms with E-state index in [0.29, 0.717) is 22.1 Å². The zero-order valence-corrected chi connectivity index (χ0v) is 14.3. The quantitative estimate of drug-likeness (QED) is 0.839. The smallest absolute Gasteiger partial charge is 0.256 e. The van der Waals surface area contributed by atoms with Crippen molar-refractivity contribution >= 4 is 46.4 Å². The van der Waals surface area contributed by atoms with Crippen molar-refractivity contribution in [1.82, 2.24) is 0 Å². The fourth-order valence-corrected chi connectivity index (χ4v) is 2.96. The van der Waals surface area contributed by atoms with Crippen molar-refractivity contribution in [2.75, 3.05) is 17.3 Å². The van der Waals surface area contributed by atoms with Crippen LogP contribution in [0.2, 0.25) is 10.0 Å². The van der Waals surface area contributed by atoms with Gasteiger partial charge in [-0.1, -0.05) is 35.3 Å². The first-order chi connectivity index (χ1) is 11.5. The van der Waals surface area contributed by atoms with Gasteiger partial charge in [0.2, 0.25) is 5.91 Å². The third kappa shape index (κ3) is 3.05. The molecule has 2 aromatic rings. The van der Waals surface area contributed by atoms with Gasteiger partial charge in [0.05, 0.1) is 29.3 Å². The number of hydrogen-bond acceptors (Lipinski definition) is 4. The maximum absolute atomic E-state index is 12.6. The molecule has 0 aromatic heterocycles. The Morgan fingerprint density at radius 3 is 2.67 bits per heavy atom. The minimum Gasteiger partial charge on any atom is -0.497 e. The molecule has 1 fully saturated rings. The first-order valence-corrected chi connectivity index (χ1v) is 7.98. The highest BCUT2D eigenvalue weighted by molar-refractivity contribution is 6.45. The summed E-state index contributed by atoms with van der Waals surface area (Å²) < 4.78 is 5.15. The molecule has 1 N–H and O–H groups in total. The van der Waals surface area contributed by atoms with Crippen molar-refractivity contribution in [2.45, 2.75) is 12.5 Å². The Balaban J connectivity index is 1.85. The molecule has 24 heavy (non-hydrogen) atoms. The summed E-state index contributed by atoms with van der Waals surface area (Å²) in [6.45, 7) is 0. The summed E-state index contributed by atoms with van der Waals surface area (Å²) in [5.41, 5.74) is 0.994. The number of ether oxygens (including phenoxy) is 1. The van der Waals surface area contributed by atoms with Gasteiger partial charge >= 0.3 is 0 Å². The number of methoxy groups -OCH3 is 1. The molecule has 1 atom stereocenters. The van der Waals surface area contributed by atoms with E-state index >= 15 is 0 Å².